The maximum Gasteiger partial charge on any atom is 0.0708 e. The first-order valence-electron chi connectivity index (χ1n) is 11.0. The molecule has 0 aliphatic carbocycles. The second-order valence-electron chi connectivity index (χ2n) is 4.71. The standard InChI is InChI=1S/C20H19N/c1-14-8-7-9-15(2)20(14)18-12-19(21-13-16(18)3)17-10-5-4-6-11-17/h4-13H,1-3H3/i1D3,2D3,3D3. The molecule has 0 unspecified atom stereocenters. The zero-order valence-electron chi connectivity index (χ0n) is 20.2. The molecule has 0 radical (unpaired) electrons. The molecule has 0 saturated carbocycles. The molecule has 0 amide bonds. The van der Waals surface area contributed by atoms with Crippen LogP contribution < -0.4 is 0 Å². The Morgan fingerprint density at radius 1 is 0.810 bits per heavy atom. The molecule has 21 heavy (non-hydrogen) atoms. The lowest BCUT2D eigenvalue weighted by molar-refractivity contribution is 1.26. The summed E-state index contributed by atoms with van der Waals surface area (Å²) in [5.41, 5.74) is 0.390. The molecular formula is C20H19N. The van der Waals surface area contributed by atoms with Crippen molar-refractivity contribution < 1.29 is 12.3 Å². The Balaban J connectivity index is 2.44. The van der Waals surface area contributed by atoms with Gasteiger partial charge in [0.05, 0.1) is 5.69 Å². The molecule has 0 atom stereocenters. The van der Waals surface area contributed by atoms with E-state index in [1.54, 1.807) is 24.3 Å². The third-order valence-corrected chi connectivity index (χ3v) is 3.31. The number of hydrogen-bond donors (Lipinski definition) is 0. The van der Waals surface area contributed by atoms with Crippen LogP contribution in [0.2, 0.25) is 0 Å². The molecule has 0 bridgehead atoms. The Labute approximate surface area is 139 Å². The third kappa shape index (κ3) is 2.59. The van der Waals surface area contributed by atoms with E-state index in [0.29, 0.717) is 11.3 Å². The maximum atomic E-state index is 7.90. The van der Waals surface area contributed by atoms with Crippen LogP contribution in [0.15, 0.2) is 60.8 Å². The fourth-order valence-electron chi connectivity index (χ4n) is 2.27. The first-order valence-corrected chi connectivity index (χ1v) is 6.50. The van der Waals surface area contributed by atoms with Crippen LogP contribution in [-0.2, 0) is 0 Å². The van der Waals surface area contributed by atoms with Gasteiger partial charge < -0.3 is 0 Å². The Bertz CT molecular complexity index is 1020. The number of benzene rings is 2. The highest BCUT2D eigenvalue weighted by atomic mass is 14.7. The Hall–Kier alpha value is -2.41. The molecule has 1 nitrogen and oxygen atoms in total. The molecule has 0 N–H and O–H groups in total. The molecule has 0 spiro atoms. The van der Waals surface area contributed by atoms with Gasteiger partial charge in [0.1, 0.15) is 0 Å². The van der Waals surface area contributed by atoms with E-state index in [1.165, 1.54) is 30.5 Å². The number of aryl methyl sites for hydroxylation is 3. The fourth-order valence-corrected chi connectivity index (χ4v) is 2.27. The van der Waals surface area contributed by atoms with Crippen molar-refractivity contribution in [2.24, 2.45) is 0 Å². The van der Waals surface area contributed by atoms with Crippen molar-refractivity contribution in [1.82, 2.24) is 4.98 Å². The minimum Gasteiger partial charge on any atom is -0.256 e. The lowest BCUT2D eigenvalue weighted by Crippen LogP contribution is -1.93. The van der Waals surface area contributed by atoms with Gasteiger partial charge in [-0.2, -0.15) is 0 Å². The Morgan fingerprint density at radius 2 is 1.52 bits per heavy atom. The van der Waals surface area contributed by atoms with Crippen molar-refractivity contribution in [2.75, 3.05) is 0 Å². The molecule has 3 aromatic rings. The average Bonchev–Trinajstić information content (AvgIpc) is 2.65. The predicted octanol–water partition coefficient (Wildman–Crippen LogP) is 5.34. The van der Waals surface area contributed by atoms with E-state index in [9.17, 15) is 0 Å². The van der Waals surface area contributed by atoms with Crippen molar-refractivity contribution in [2.45, 2.75) is 20.6 Å². The monoisotopic (exact) mass is 282 g/mol. The molecule has 1 aromatic heterocycles. The summed E-state index contributed by atoms with van der Waals surface area (Å²) in [5.74, 6) is 0. The fraction of sp³-hybridized carbons (Fsp3) is 0.150. The number of rotatable bonds is 2. The number of aromatic nitrogens is 1. The van der Waals surface area contributed by atoms with E-state index in [1.807, 2.05) is 6.07 Å². The molecule has 2 aromatic carbocycles. The average molecular weight is 282 g/mol. The van der Waals surface area contributed by atoms with Crippen LogP contribution in [0.25, 0.3) is 22.4 Å². The van der Waals surface area contributed by atoms with Crippen LogP contribution in [0.5, 0.6) is 0 Å². The van der Waals surface area contributed by atoms with Crippen molar-refractivity contribution in [1.29, 1.82) is 0 Å². The topological polar surface area (TPSA) is 12.9 Å². The summed E-state index contributed by atoms with van der Waals surface area (Å²) >= 11 is 0. The van der Waals surface area contributed by atoms with E-state index in [-0.39, 0.29) is 27.8 Å². The zero-order chi connectivity index (χ0) is 22.3. The van der Waals surface area contributed by atoms with Crippen LogP contribution in [0.4, 0.5) is 0 Å². The highest BCUT2D eigenvalue weighted by Crippen LogP contribution is 2.32. The summed E-state index contributed by atoms with van der Waals surface area (Å²) in [4.78, 5) is 4.24. The summed E-state index contributed by atoms with van der Waals surface area (Å²) in [6.45, 7) is -7.90. The van der Waals surface area contributed by atoms with Crippen LogP contribution in [0.1, 0.15) is 29.0 Å². The normalized spacial score (nSPS) is 18.8. The van der Waals surface area contributed by atoms with Crippen molar-refractivity contribution in [3.05, 3.63) is 77.5 Å². The van der Waals surface area contributed by atoms with Gasteiger partial charge in [-0.15, -0.1) is 0 Å². The van der Waals surface area contributed by atoms with Crippen molar-refractivity contribution in [3.8, 4) is 22.4 Å². The van der Waals surface area contributed by atoms with E-state index in [4.69, 9.17) is 12.3 Å². The number of pyridine rings is 1. The van der Waals surface area contributed by atoms with Gasteiger partial charge in [0.15, 0.2) is 0 Å². The Kier molecular flexibility index (Phi) is 1.73. The highest BCUT2D eigenvalue weighted by Gasteiger charge is 2.10. The van der Waals surface area contributed by atoms with Crippen LogP contribution in [0, 0.1) is 20.6 Å². The number of hydrogen-bond acceptors (Lipinski definition) is 1. The maximum absolute atomic E-state index is 7.90. The summed E-state index contributed by atoms with van der Waals surface area (Å²) in [6, 6.07) is 14.4. The molecule has 0 fully saturated rings. The summed E-state index contributed by atoms with van der Waals surface area (Å²) in [5, 5.41) is 0. The second kappa shape index (κ2) is 5.53. The van der Waals surface area contributed by atoms with Gasteiger partial charge in [0.2, 0.25) is 0 Å². The number of nitrogens with zero attached hydrogens (tertiary/aromatic N) is 1. The molecule has 1 heteroatoms. The van der Waals surface area contributed by atoms with Gasteiger partial charge in [-0.3, -0.25) is 4.98 Å². The minimum absolute atomic E-state index is 0.0294. The summed E-state index contributed by atoms with van der Waals surface area (Å²) < 4.78 is 71.1. The quantitative estimate of drug-likeness (QED) is 0.618. The van der Waals surface area contributed by atoms with Crippen LogP contribution in [-0.4, -0.2) is 4.98 Å². The van der Waals surface area contributed by atoms with Crippen molar-refractivity contribution in [3.63, 3.8) is 0 Å². The SMILES string of the molecule is [2H]C([2H])([2H])c1cnc(-c2ccccc2)cc1-c1c(C([2H])([2H])[2H])cccc1C([2H])([2H])[2H]. The largest absolute Gasteiger partial charge is 0.256 e. The van der Waals surface area contributed by atoms with E-state index in [0.717, 1.165) is 0 Å². The first-order chi connectivity index (χ1) is 13.8. The molecule has 0 saturated heterocycles. The highest BCUT2D eigenvalue weighted by molar-refractivity contribution is 5.77. The predicted molar refractivity (Wildman–Crippen MR) is 89.3 cm³/mol. The van der Waals surface area contributed by atoms with E-state index < -0.39 is 20.6 Å². The Morgan fingerprint density at radius 3 is 2.19 bits per heavy atom. The smallest absolute Gasteiger partial charge is 0.0708 e. The lowest BCUT2D eigenvalue weighted by Gasteiger charge is -2.14. The minimum atomic E-state index is -2.64. The van der Waals surface area contributed by atoms with Gasteiger partial charge in [-0.25, -0.2) is 0 Å². The molecule has 1 heterocycles. The molecule has 0 aliphatic rings. The molecule has 3 rings (SSSR count). The molecule has 0 aliphatic heterocycles. The van der Waals surface area contributed by atoms with E-state index in [2.05, 4.69) is 4.98 Å². The van der Waals surface area contributed by atoms with E-state index >= 15 is 0 Å². The summed E-state index contributed by atoms with van der Waals surface area (Å²) in [6.07, 6.45) is 1.17. The van der Waals surface area contributed by atoms with Crippen LogP contribution >= 0.6 is 0 Å². The van der Waals surface area contributed by atoms with Gasteiger partial charge in [-0.05, 0) is 54.4 Å². The van der Waals surface area contributed by atoms with Gasteiger partial charge in [0, 0.05) is 24.1 Å². The summed E-state index contributed by atoms with van der Waals surface area (Å²) in [7, 11) is 0. The van der Waals surface area contributed by atoms with Gasteiger partial charge in [0.25, 0.3) is 0 Å². The van der Waals surface area contributed by atoms with Crippen LogP contribution in [0.3, 0.4) is 0 Å². The second-order valence-corrected chi connectivity index (χ2v) is 4.71. The molecular weight excluding hydrogens is 254 g/mol. The zero-order valence-corrected chi connectivity index (χ0v) is 11.2. The lowest BCUT2D eigenvalue weighted by atomic mass is 9.92. The first kappa shape index (κ1) is 6.57. The molecule has 104 valence electrons. The van der Waals surface area contributed by atoms with Gasteiger partial charge >= 0.3 is 0 Å². The van der Waals surface area contributed by atoms with Gasteiger partial charge in [-0.1, -0.05) is 48.5 Å². The van der Waals surface area contributed by atoms with Crippen molar-refractivity contribution >= 4 is 0 Å². The third-order valence-electron chi connectivity index (χ3n) is 3.31.